The zero-order valence-corrected chi connectivity index (χ0v) is 22.3. The number of hydrogen-bond acceptors (Lipinski definition) is 4. The molecule has 0 radical (unpaired) electrons. The minimum Gasteiger partial charge on any atom is -0.481 e. The summed E-state index contributed by atoms with van der Waals surface area (Å²) in [6.45, 7) is 7.58. The number of methoxy groups -OCH3 is 2. The number of halogens is 1. The van der Waals surface area contributed by atoms with Crippen molar-refractivity contribution in [2.75, 3.05) is 33.9 Å². The quantitative estimate of drug-likeness (QED) is 0.326. The molecule has 1 fully saturated rings. The predicted molar refractivity (Wildman–Crippen MR) is 144 cm³/mol. The molecule has 198 valence electrons. The molecule has 0 saturated carbocycles. The Morgan fingerprint density at radius 2 is 1.72 bits per heavy atom. The number of benzene rings is 1. The van der Waals surface area contributed by atoms with E-state index in [1.165, 1.54) is 18.6 Å². The SMILES string of the molecule is CC.COCCCn1ccc2c(OC)nccc21.O=C(CCCc1ccc(F)cc1)N1CCCCC1. The summed E-state index contributed by atoms with van der Waals surface area (Å²) in [6, 6.07) is 10.6. The van der Waals surface area contributed by atoms with Crippen molar-refractivity contribution in [2.45, 2.75) is 65.3 Å². The smallest absolute Gasteiger partial charge is 0.222 e. The van der Waals surface area contributed by atoms with Crippen LogP contribution in [0.25, 0.3) is 10.9 Å². The summed E-state index contributed by atoms with van der Waals surface area (Å²) in [5, 5.41) is 1.06. The van der Waals surface area contributed by atoms with Crippen LogP contribution in [0.5, 0.6) is 5.88 Å². The minimum atomic E-state index is -0.205. The Labute approximate surface area is 215 Å². The number of pyridine rings is 1. The normalized spacial score (nSPS) is 12.9. The number of aryl methyl sites for hydroxylation is 2. The Bertz CT molecular complexity index is 1010. The van der Waals surface area contributed by atoms with E-state index in [1.807, 2.05) is 30.9 Å². The first-order valence-corrected chi connectivity index (χ1v) is 13.1. The predicted octanol–water partition coefficient (Wildman–Crippen LogP) is 6.27. The molecule has 0 atom stereocenters. The molecule has 1 aliphatic rings. The van der Waals surface area contributed by atoms with E-state index in [0.717, 1.165) is 74.8 Å². The lowest BCUT2D eigenvalue weighted by Crippen LogP contribution is -2.35. The van der Waals surface area contributed by atoms with Crippen LogP contribution in [0.1, 0.15) is 57.9 Å². The average Bonchev–Trinajstić information content (AvgIpc) is 3.35. The first-order valence-electron chi connectivity index (χ1n) is 13.1. The van der Waals surface area contributed by atoms with Gasteiger partial charge < -0.3 is 18.9 Å². The van der Waals surface area contributed by atoms with Crippen LogP contribution in [-0.4, -0.2) is 54.3 Å². The first-order chi connectivity index (χ1) is 17.6. The third-order valence-electron chi connectivity index (χ3n) is 6.08. The van der Waals surface area contributed by atoms with Gasteiger partial charge in [-0.1, -0.05) is 26.0 Å². The fourth-order valence-corrected chi connectivity index (χ4v) is 4.23. The number of ether oxygens (including phenoxy) is 2. The van der Waals surface area contributed by atoms with E-state index in [2.05, 4.69) is 15.7 Å². The van der Waals surface area contributed by atoms with Crippen molar-refractivity contribution in [3.63, 3.8) is 0 Å². The summed E-state index contributed by atoms with van der Waals surface area (Å²) in [5.74, 6) is 0.753. The Hall–Kier alpha value is -2.93. The summed E-state index contributed by atoms with van der Waals surface area (Å²) in [7, 11) is 3.37. The zero-order chi connectivity index (χ0) is 26.2. The molecule has 1 aliphatic heterocycles. The fraction of sp³-hybridized carbons (Fsp3) is 0.517. The number of hydrogen-bond donors (Lipinski definition) is 0. The molecule has 6 nitrogen and oxygen atoms in total. The van der Waals surface area contributed by atoms with Gasteiger partial charge in [-0.25, -0.2) is 9.37 Å². The van der Waals surface area contributed by atoms with E-state index in [0.29, 0.717) is 12.3 Å². The minimum absolute atomic E-state index is 0.205. The van der Waals surface area contributed by atoms with Gasteiger partial charge in [0.2, 0.25) is 11.8 Å². The molecule has 0 spiro atoms. The van der Waals surface area contributed by atoms with Crippen LogP contribution >= 0.6 is 0 Å². The number of carbonyl (C=O) groups is 1. The van der Waals surface area contributed by atoms with Gasteiger partial charge in [0.25, 0.3) is 0 Å². The van der Waals surface area contributed by atoms with E-state index in [4.69, 9.17) is 9.47 Å². The Kier molecular flexibility index (Phi) is 13.6. The summed E-state index contributed by atoms with van der Waals surface area (Å²) < 4.78 is 25.2. The van der Waals surface area contributed by atoms with E-state index >= 15 is 0 Å². The first kappa shape index (κ1) is 29.3. The number of aromatic nitrogens is 2. The standard InChI is InChI=1S/C15H20FNO.C12H16N2O2.C2H6/c16-14-9-7-13(8-10-14)5-4-6-15(18)17-11-2-1-3-12-17;1-15-9-3-7-14-8-5-10-11(14)4-6-13-12(10)16-2;1-2/h7-10H,1-6,11-12H2;4-6,8H,3,7,9H2,1-2H3;1-2H3. The van der Waals surface area contributed by atoms with E-state index in [9.17, 15) is 9.18 Å². The maximum atomic E-state index is 12.7. The Morgan fingerprint density at radius 1 is 1.00 bits per heavy atom. The molecule has 36 heavy (non-hydrogen) atoms. The number of fused-ring (bicyclic) bond motifs is 1. The summed E-state index contributed by atoms with van der Waals surface area (Å²) in [5.41, 5.74) is 2.26. The number of rotatable bonds is 9. The number of amides is 1. The number of piperidine rings is 1. The van der Waals surface area contributed by atoms with Crippen LogP contribution in [0, 0.1) is 5.82 Å². The fourth-order valence-electron chi connectivity index (χ4n) is 4.23. The molecule has 0 aliphatic carbocycles. The second-order valence-corrected chi connectivity index (χ2v) is 8.53. The third-order valence-corrected chi connectivity index (χ3v) is 6.08. The van der Waals surface area contributed by atoms with Gasteiger partial charge in [-0.05, 0) is 68.4 Å². The number of carbonyl (C=O) groups excluding carboxylic acids is 1. The van der Waals surface area contributed by atoms with Gasteiger partial charge in [0, 0.05) is 52.2 Å². The lowest BCUT2D eigenvalue weighted by Gasteiger charge is -2.26. The van der Waals surface area contributed by atoms with Crippen LogP contribution in [0.15, 0.2) is 48.8 Å². The molecular formula is C29H42FN3O3. The van der Waals surface area contributed by atoms with Crippen LogP contribution < -0.4 is 4.74 Å². The molecule has 7 heteroatoms. The second kappa shape index (κ2) is 16.7. The number of nitrogens with zero attached hydrogens (tertiary/aromatic N) is 3. The lowest BCUT2D eigenvalue weighted by molar-refractivity contribution is -0.132. The van der Waals surface area contributed by atoms with Crippen molar-refractivity contribution in [1.29, 1.82) is 0 Å². The van der Waals surface area contributed by atoms with Gasteiger partial charge in [0.05, 0.1) is 18.0 Å². The van der Waals surface area contributed by atoms with Gasteiger partial charge >= 0.3 is 0 Å². The van der Waals surface area contributed by atoms with Crippen LogP contribution in [-0.2, 0) is 22.5 Å². The number of likely N-dealkylation sites (tertiary alicyclic amines) is 1. The maximum Gasteiger partial charge on any atom is 0.222 e. The monoisotopic (exact) mass is 499 g/mol. The van der Waals surface area contributed by atoms with Crippen molar-refractivity contribution >= 4 is 16.8 Å². The van der Waals surface area contributed by atoms with Gasteiger partial charge in [-0.15, -0.1) is 0 Å². The van der Waals surface area contributed by atoms with Gasteiger partial charge in [-0.2, -0.15) is 0 Å². The average molecular weight is 500 g/mol. The lowest BCUT2D eigenvalue weighted by atomic mass is 10.1. The Morgan fingerprint density at radius 3 is 2.39 bits per heavy atom. The molecule has 1 aromatic carbocycles. The molecule has 1 amide bonds. The highest BCUT2D eigenvalue weighted by Gasteiger charge is 2.15. The molecule has 2 aromatic heterocycles. The highest BCUT2D eigenvalue weighted by atomic mass is 19.1. The molecule has 0 unspecified atom stereocenters. The van der Waals surface area contributed by atoms with Gasteiger partial charge in [0.1, 0.15) is 5.82 Å². The summed E-state index contributed by atoms with van der Waals surface area (Å²) in [4.78, 5) is 18.1. The highest BCUT2D eigenvalue weighted by Crippen LogP contribution is 2.23. The maximum absolute atomic E-state index is 12.7. The molecular weight excluding hydrogens is 457 g/mol. The summed E-state index contributed by atoms with van der Waals surface area (Å²) >= 11 is 0. The van der Waals surface area contributed by atoms with E-state index in [-0.39, 0.29) is 11.7 Å². The van der Waals surface area contributed by atoms with E-state index < -0.39 is 0 Å². The van der Waals surface area contributed by atoms with Gasteiger partial charge in [-0.3, -0.25) is 4.79 Å². The molecule has 0 bridgehead atoms. The van der Waals surface area contributed by atoms with Crippen LogP contribution in [0.2, 0.25) is 0 Å². The van der Waals surface area contributed by atoms with Crippen LogP contribution in [0.4, 0.5) is 4.39 Å². The van der Waals surface area contributed by atoms with Crippen molar-refractivity contribution < 1.29 is 18.7 Å². The largest absolute Gasteiger partial charge is 0.481 e. The topological polar surface area (TPSA) is 56.6 Å². The molecule has 3 aromatic rings. The zero-order valence-electron chi connectivity index (χ0n) is 22.3. The molecule has 1 saturated heterocycles. The molecule has 4 rings (SSSR count). The van der Waals surface area contributed by atoms with Crippen LogP contribution in [0.3, 0.4) is 0 Å². The Balaban J connectivity index is 0.000000239. The van der Waals surface area contributed by atoms with E-state index in [1.54, 1.807) is 32.5 Å². The highest BCUT2D eigenvalue weighted by molar-refractivity contribution is 5.84. The molecule has 3 heterocycles. The summed E-state index contributed by atoms with van der Waals surface area (Å²) in [6.07, 6.45) is 10.7. The molecule has 0 N–H and O–H groups in total. The third kappa shape index (κ3) is 9.26. The van der Waals surface area contributed by atoms with Crippen molar-refractivity contribution in [3.05, 3.63) is 60.2 Å². The van der Waals surface area contributed by atoms with Crippen molar-refractivity contribution in [2.24, 2.45) is 0 Å². The van der Waals surface area contributed by atoms with Gasteiger partial charge in [0.15, 0.2) is 0 Å². The van der Waals surface area contributed by atoms with Crippen molar-refractivity contribution in [1.82, 2.24) is 14.5 Å². The van der Waals surface area contributed by atoms with Crippen molar-refractivity contribution in [3.8, 4) is 5.88 Å². The second-order valence-electron chi connectivity index (χ2n) is 8.53.